The van der Waals surface area contributed by atoms with Gasteiger partial charge in [-0.15, -0.1) is 0 Å². The van der Waals surface area contributed by atoms with Crippen LogP contribution in [0.3, 0.4) is 0 Å². The van der Waals surface area contributed by atoms with E-state index in [-0.39, 0.29) is 25.4 Å². The van der Waals surface area contributed by atoms with Crippen molar-refractivity contribution in [1.29, 1.82) is 0 Å². The Kier molecular flexibility index (Phi) is 7.71. The minimum atomic E-state index is -0.252. The second kappa shape index (κ2) is 8.36. The van der Waals surface area contributed by atoms with Gasteiger partial charge in [0.2, 0.25) is 0 Å². The quantitative estimate of drug-likeness (QED) is 0.754. The fourth-order valence-corrected chi connectivity index (χ4v) is 3.88. The summed E-state index contributed by atoms with van der Waals surface area (Å²) in [5.74, 6) is 0.555. The molecule has 0 amide bonds. The summed E-state index contributed by atoms with van der Waals surface area (Å²) in [6.07, 6.45) is 6.10. The molecule has 1 atom stereocenters. The molecule has 1 aliphatic carbocycles. The summed E-state index contributed by atoms with van der Waals surface area (Å²) in [6.45, 7) is 15.6. The van der Waals surface area contributed by atoms with Crippen molar-refractivity contribution in [3.8, 4) is 0 Å². The molecule has 1 heterocycles. The molecule has 0 aromatic heterocycles. The molecule has 3 nitrogen and oxygen atoms in total. The predicted molar refractivity (Wildman–Crippen MR) is 97.8 cm³/mol. The lowest BCUT2D eigenvalue weighted by atomic mass is 9.71. The minimum Gasteiger partial charge on any atom is -0.347 e. The number of ether oxygens (including phenoxy) is 2. The molecule has 4 heteroatoms. The first-order valence-electron chi connectivity index (χ1n) is 8.92. The van der Waals surface area contributed by atoms with Crippen molar-refractivity contribution >= 4 is 13.5 Å². The third-order valence-electron chi connectivity index (χ3n) is 5.33. The summed E-state index contributed by atoms with van der Waals surface area (Å²) >= 11 is 0. The van der Waals surface area contributed by atoms with Crippen molar-refractivity contribution in [3.05, 3.63) is 0 Å². The van der Waals surface area contributed by atoms with Crippen LogP contribution in [0.2, 0.25) is 0 Å². The Hall–Kier alpha value is 0.230. The third kappa shape index (κ3) is 5.12. The lowest BCUT2D eigenvalue weighted by Crippen LogP contribution is -2.40. The van der Waals surface area contributed by atoms with Crippen LogP contribution in [0.1, 0.15) is 66.7 Å². The van der Waals surface area contributed by atoms with Gasteiger partial charge in [-0.3, -0.25) is 0 Å². The molecule has 1 unspecified atom stereocenters. The lowest BCUT2D eigenvalue weighted by Gasteiger charge is -2.41. The fraction of sp³-hybridized carbons (Fsp3) is 1.00. The maximum atomic E-state index is 6.37. The van der Waals surface area contributed by atoms with E-state index in [9.17, 15) is 0 Å². The van der Waals surface area contributed by atoms with E-state index in [4.69, 9.17) is 9.47 Å². The van der Waals surface area contributed by atoms with Crippen molar-refractivity contribution in [3.63, 3.8) is 0 Å². The van der Waals surface area contributed by atoms with E-state index in [0.717, 1.165) is 45.0 Å². The summed E-state index contributed by atoms with van der Waals surface area (Å²) in [5, 5.41) is 0. The van der Waals surface area contributed by atoms with Crippen molar-refractivity contribution in [1.82, 2.24) is 4.90 Å². The molecule has 0 bridgehead atoms. The maximum Gasteiger partial charge on any atom is 0.168 e. The molecule has 132 valence electrons. The molecular formula is C18H37NO2S. The second-order valence-corrected chi connectivity index (χ2v) is 8.00. The van der Waals surface area contributed by atoms with Crippen molar-refractivity contribution in [2.45, 2.75) is 78.6 Å². The normalized spacial score (nSPS) is 32.5. The molecule has 0 radical (unpaired) electrons. The van der Waals surface area contributed by atoms with Gasteiger partial charge >= 0.3 is 0 Å². The molecule has 2 fully saturated rings. The molecule has 2 rings (SSSR count). The average molecular weight is 332 g/mol. The van der Waals surface area contributed by atoms with E-state index < -0.39 is 0 Å². The highest BCUT2D eigenvalue weighted by atomic mass is 32.1. The van der Waals surface area contributed by atoms with Gasteiger partial charge < -0.3 is 14.4 Å². The van der Waals surface area contributed by atoms with Gasteiger partial charge in [0.15, 0.2) is 5.79 Å². The SMILES string of the molecule is CCCN(CC)CC1COC2(CCC(C(C)(C)C)CC2)O1.S. The smallest absolute Gasteiger partial charge is 0.168 e. The van der Waals surface area contributed by atoms with Gasteiger partial charge in [-0.05, 0) is 43.7 Å². The molecule has 1 saturated carbocycles. The molecule has 0 N–H and O–H groups in total. The maximum absolute atomic E-state index is 6.37. The largest absolute Gasteiger partial charge is 0.347 e. The summed E-state index contributed by atoms with van der Waals surface area (Å²) in [6, 6.07) is 0. The highest BCUT2D eigenvalue weighted by Gasteiger charge is 2.45. The second-order valence-electron chi connectivity index (χ2n) is 8.00. The number of hydrogen-bond acceptors (Lipinski definition) is 3. The molecule has 0 aromatic rings. The third-order valence-corrected chi connectivity index (χ3v) is 5.33. The Morgan fingerprint density at radius 1 is 1.14 bits per heavy atom. The molecular weight excluding hydrogens is 294 g/mol. The fourth-order valence-electron chi connectivity index (χ4n) is 3.88. The van der Waals surface area contributed by atoms with E-state index in [0.29, 0.717) is 5.41 Å². The minimum absolute atomic E-state index is 0. The van der Waals surface area contributed by atoms with Crippen molar-refractivity contribution < 1.29 is 9.47 Å². The van der Waals surface area contributed by atoms with Crippen molar-refractivity contribution in [2.24, 2.45) is 11.3 Å². The van der Waals surface area contributed by atoms with Gasteiger partial charge in [-0.1, -0.05) is 34.6 Å². The standard InChI is InChI=1S/C18H35NO2.H2S/c1-6-12-19(7-2)13-16-14-20-18(21-16)10-8-15(9-11-18)17(3,4)5;/h15-16H,6-14H2,1-5H3;1H2. The summed E-state index contributed by atoms with van der Waals surface area (Å²) in [5.41, 5.74) is 0.416. The molecule has 1 aliphatic heterocycles. The molecule has 1 spiro atoms. The number of nitrogens with zero attached hydrogens (tertiary/aromatic N) is 1. The van der Waals surface area contributed by atoms with Crippen LogP contribution in [0.25, 0.3) is 0 Å². The van der Waals surface area contributed by atoms with Crippen LogP contribution in [0.5, 0.6) is 0 Å². The molecule has 1 saturated heterocycles. The molecule has 2 aliphatic rings. The van der Waals surface area contributed by atoms with Crippen LogP contribution < -0.4 is 0 Å². The zero-order chi connectivity index (χ0) is 15.5. The first-order valence-corrected chi connectivity index (χ1v) is 8.92. The van der Waals surface area contributed by atoms with Gasteiger partial charge in [0.1, 0.15) is 0 Å². The van der Waals surface area contributed by atoms with Gasteiger partial charge in [0.25, 0.3) is 0 Å². The Balaban J connectivity index is 0.00000242. The summed E-state index contributed by atoms with van der Waals surface area (Å²) in [7, 11) is 0. The topological polar surface area (TPSA) is 21.7 Å². The zero-order valence-electron chi connectivity index (χ0n) is 15.3. The Morgan fingerprint density at radius 3 is 2.27 bits per heavy atom. The van der Waals surface area contributed by atoms with Crippen LogP contribution in [0.4, 0.5) is 0 Å². The van der Waals surface area contributed by atoms with Crippen LogP contribution in [0, 0.1) is 11.3 Å². The van der Waals surface area contributed by atoms with Crippen LogP contribution in [-0.2, 0) is 9.47 Å². The van der Waals surface area contributed by atoms with E-state index in [1.54, 1.807) is 0 Å². The zero-order valence-corrected chi connectivity index (χ0v) is 16.3. The highest BCUT2D eigenvalue weighted by molar-refractivity contribution is 7.59. The number of hydrogen-bond donors (Lipinski definition) is 0. The van der Waals surface area contributed by atoms with Crippen LogP contribution in [0.15, 0.2) is 0 Å². The molecule has 0 aromatic carbocycles. The lowest BCUT2D eigenvalue weighted by molar-refractivity contribution is -0.197. The van der Waals surface area contributed by atoms with Gasteiger partial charge in [-0.25, -0.2) is 0 Å². The van der Waals surface area contributed by atoms with Crippen LogP contribution in [-0.4, -0.2) is 43.0 Å². The monoisotopic (exact) mass is 331 g/mol. The predicted octanol–water partition coefficient (Wildman–Crippen LogP) is 4.18. The van der Waals surface area contributed by atoms with Crippen LogP contribution >= 0.6 is 13.5 Å². The van der Waals surface area contributed by atoms with Gasteiger partial charge in [0.05, 0.1) is 12.7 Å². The van der Waals surface area contributed by atoms with Gasteiger partial charge in [0, 0.05) is 19.4 Å². The Morgan fingerprint density at radius 2 is 1.77 bits per heavy atom. The molecule has 22 heavy (non-hydrogen) atoms. The van der Waals surface area contributed by atoms with Crippen molar-refractivity contribution in [2.75, 3.05) is 26.2 Å². The Bertz CT molecular complexity index is 322. The summed E-state index contributed by atoms with van der Waals surface area (Å²) in [4.78, 5) is 2.48. The van der Waals surface area contributed by atoms with E-state index in [1.165, 1.54) is 19.3 Å². The average Bonchev–Trinajstić information content (AvgIpc) is 2.80. The van der Waals surface area contributed by atoms with E-state index in [1.807, 2.05) is 0 Å². The van der Waals surface area contributed by atoms with Gasteiger partial charge in [-0.2, -0.15) is 13.5 Å². The van der Waals surface area contributed by atoms with E-state index >= 15 is 0 Å². The van der Waals surface area contributed by atoms with E-state index in [2.05, 4.69) is 39.5 Å². The number of rotatable bonds is 5. The first kappa shape index (κ1) is 20.3. The summed E-state index contributed by atoms with van der Waals surface area (Å²) < 4.78 is 12.5. The number of likely N-dealkylation sites (N-methyl/N-ethyl adjacent to an activating group) is 1. The Labute approximate surface area is 144 Å². The highest BCUT2D eigenvalue weighted by Crippen LogP contribution is 2.45. The first-order chi connectivity index (χ1) is 9.88.